The lowest BCUT2D eigenvalue weighted by Gasteiger charge is -2.42. The van der Waals surface area contributed by atoms with Crippen molar-refractivity contribution in [1.29, 1.82) is 0 Å². The Balaban J connectivity index is 2.80. The average Bonchev–Trinajstić information content (AvgIpc) is 2.36. The maximum absolute atomic E-state index is 11.6. The van der Waals surface area contributed by atoms with Crippen LogP contribution in [0.15, 0.2) is 0 Å². The van der Waals surface area contributed by atoms with E-state index in [4.69, 9.17) is 4.74 Å². The number of hydrogen-bond acceptors (Lipinski definition) is 3. The molecule has 0 saturated carbocycles. The second kappa shape index (κ2) is 6.53. The topological polar surface area (TPSA) is 49.8 Å². The number of hydrogen-bond donors (Lipinski definition) is 1. The molecular formula is C14H27NO3. The van der Waals surface area contributed by atoms with E-state index in [2.05, 4.69) is 18.7 Å². The molecular weight excluding hydrogens is 230 g/mol. The van der Waals surface area contributed by atoms with Crippen molar-refractivity contribution in [3.05, 3.63) is 0 Å². The van der Waals surface area contributed by atoms with Crippen LogP contribution in [0.1, 0.15) is 47.0 Å². The molecule has 1 fully saturated rings. The standard InChI is InChI=1S/C14H27NO3/c1-5-12-9-18-11(4)8-15(12)10-14(6-2,7-3)13(16)17/h11-12H,5-10H2,1-4H3,(H,16,17). The minimum atomic E-state index is -0.665. The van der Waals surface area contributed by atoms with Gasteiger partial charge in [0.1, 0.15) is 0 Å². The second-order valence-corrected chi connectivity index (χ2v) is 5.43. The van der Waals surface area contributed by atoms with E-state index in [0.29, 0.717) is 25.4 Å². The molecule has 1 rings (SSSR count). The number of rotatable bonds is 6. The molecule has 0 bridgehead atoms. The van der Waals surface area contributed by atoms with Crippen LogP contribution in [0.4, 0.5) is 0 Å². The van der Waals surface area contributed by atoms with E-state index in [1.807, 2.05) is 13.8 Å². The highest BCUT2D eigenvalue weighted by Crippen LogP contribution is 2.30. The van der Waals surface area contributed by atoms with Crippen molar-refractivity contribution in [3.8, 4) is 0 Å². The lowest BCUT2D eigenvalue weighted by Crippen LogP contribution is -2.53. The fraction of sp³-hybridized carbons (Fsp3) is 0.929. The Kier molecular flexibility index (Phi) is 5.60. The van der Waals surface area contributed by atoms with E-state index in [1.165, 1.54) is 0 Å². The van der Waals surface area contributed by atoms with Gasteiger partial charge in [0.25, 0.3) is 0 Å². The molecule has 1 aliphatic rings. The third-order valence-electron chi connectivity index (χ3n) is 4.37. The molecule has 2 unspecified atom stereocenters. The fourth-order valence-corrected chi connectivity index (χ4v) is 2.71. The smallest absolute Gasteiger partial charge is 0.310 e. The zero-order chi connectivity index (χ0) is 13.8. The Hall–Kier alpha value is -0.610. The molecule has 0 spiro atoms. The van der Waals surface area contributed by atoms with Gasteiger partial charge in [0, 0.05) is 19.1 Å². The third kappa shape index (κ3) is 3.23. The van der Waals surface area contributed by atoms with E-state index in [0.717, 1.165) is 19.6 Å². The molecule has 0 radical (unpaired) electrons. The van der Waals surface area contributed by atoms with Gasteiger partial charge in [-0.2, -0.15) is 0 Å². The van der Waals surface area contributed by atoms with Gasteiger partial charge in [-0.3, -0.25) is 9.69 Å². The van der Waals surface area contributed by atoms with Gasteiger partial charge in [-0.15, -0.1) is 0 Å². The quantitative estimate of drug-likeness (QED) is 0.793. The van der Waals surface area contributed by atoms with Gasteiger partial charge in [0.05, 0.1) is 18.1 Å². The summed E-state index contributed by atoms with van der Waals surface area (Å²) in [6.45, 7) is 10.3. The van der Waals surface area contributed by atoms with Crippen LogP contribution in [-0.4, -0.2) is 47.8 Å². The number of ether oxygens (including phenoxy) is 1. The minimum Gasteiger partial charge on any atom is -0.481 e. The molecule has 1 saturated heterocycles. The van der Waals surface area contributed by atoms with Crippen LogP contribution in [0.5, 0.6) is 0 Å². The molecule has 2 atom stereocenters. The first-order valence-corrected chi connectivity index (χ1v) is 7.08. The minimum absolute atomic E-state index is 0.202. The largest absolute Gasteiger partial charge is 0.481 e. The third-order valence-corrected chi connectivity index (χ3v) is 4.37. The van der Waals surface area contributed by atoms with Crippen LogP contribution < -0.4 is 0 Å². The Morgan fingerprint density at radius 2 is 2.00 bits per heavy atom. The first-order chi connectivity index (χ1) is 8.49. The number of aliphatic carboxylic acids is 1. The summed E-state index contributed by atoms with van der Waals surface area (Å²) < 4.78 is 5.66. The Bertz CT molecular complexity index is 276. The van der Waals surface area contributed by atoms with Gasteiger partial charge >= 0.3 is 5.97 Å². The van der Waals surface area contributed by atoms with E-state index >= 15 is 0 Å². The summed E-state index contributed by atoms with van der Waals surface area (Å²) in [5, 5.41) is 9.52. The lowest BCUT2D eigenvalue weighted by molar-refractivity contribution is -0.153. The highest BCUT2D eigenvalue weighted by Gasteiger charge is 2.39. The van der Waals surface area contributed by atoms with Gasteiger partial charge in [-0.05, 0) is 26.2 Å². The Morgan fingerprint density at radius 1 is 1.39 bits per heavy atom. The number of nitrogens with zero attached hydrogens (tertiary/aromatic N) is 1. The molecule has 1 heterocycles. The van der Waals surface area contributed by atoms with Crippen molar-refractivity contribution >= 4 is 5.97 Å². The fourth-order valence-electron chi connectivity index (χ4n) is 2.71. The molecule has 1 aliphatic heterocycles. The Morgan fingerprint density at radius 3 is 2.44 bits per heavy atom. The van der Waals surface area contributed by atoms with Crippen LogP contribution in [0.25, 0.3) is 0 Å². The van der Waals surface area contributed by atoms with Crippen molar-refractivity contribution in [1.82, 2.24) is 4.90 Å². The predicted octanol–water partition coefficient (Wildman–Crippen LogP) is 2.38. The van der Waals surface area contributed by atoms with Crippen molar-refractivity contribution in [2.24, 2.45) is 5.41 Å². The van der Waals surface area contributed by atoms with Crippen molar-refractivity contribution in [2.45, 2.75) is 59.1 Å². The molecule has 0 aromatic carbocycles. The first kappa shape index (κ1) is 15.4. The number of morpholine rings is 1. The summed E-state index contributed by atoms with van der Waals surface area (Å²) in [6.07, 6.45) is 2.57. The van der Waals surface area contributed by atoms with Crippen LogP contribution in [0, 0.1) is 5.41 Å². The maximum Gasteiger partial charge on any atom is 0.310 e. The van der Waals surface area contributed by atoms with Gasteiger partial charge < -0.3 is 9.84 Å². The van der Waals surface area contributed by atoms with Gasteiger partial charge in [0.2, 0.25) is 0 Å². The van der Waals surface area contributed by atoms with Crippen molar-refractivity contribution in [2.75, 3.05) is 19.7 Å². The van der Waals surface area contributed by atoms with Crippen LogP contribution in [0.2, 0.25) is 0 Å². The molecule has 4 heteroatoms. The van der Waals surface area contributed by atoms with Gasteiger partial charge in [-0.1, -0.05) is 20.8 Å². The average molecular weight is 257 g/mol. The van der Waals surface area contributed by atoms with E-state index in [9.17, 15) is 9.90 Å². The molecule has 0 aromatic rings. The Labute approximate surface area is 110 Å². The van der Waals surface area contributed by atoms with E-state index in [1.54, 1.807) is 0 Å². The number of carboxylic acids is 1. The van der Waals surface area contributed by atoms with Crippen LogP contribution in [0.3, 0.4) is 0 Å². The zero-order valence-electron chi connectivity index (χ0n) is 12.1. The highest BCUT2D eigenvalue weighted by molar-refractivity contribution is 5.74. The monoisotopic (exact) mass is 257 g/mol. The normalized spacial score (nSPS) is 26.2. The van der Waals surface area contributed by atoms with Gasteiger partial charge in [-0.25, -0.2) is 0 Å². The van der Waals surface area contributed by atoms with E-state index in [-0.39, 0.29) is 6.10 Å². The van der Waals surface area contributed by atoms with Crippen LogP contribution in [-0.2, 0) is 9.53 Å². The summed E-state index contributed by atoms with van der Waals surface area (Å²) in [5.74, 6) is -0.665. The summed E-state index contributed by atoms with van der Waals surface area (Å²) in [6, 6.07) is 0.359. The molecule has 0 aromatic heterocycles. The van der Waals surface area contributed by atoms with Crippen LogP contribution >= 0.6 is 0 Å². The summed E-state index contributed by atoms with van der Waals surface area (Å²) in [5.41, 5.74) is -0.607. The zero-order valence-corrected chi connectivity index (χ0v) is 12.1. The molecule has 18 heavy (non-hydrogen) atoms. The lowest BCUT2D eigenvalue weighted by atomic mass is 9.81. The first-order valence-electron chi connectivity index (χ1n) is 7.08. The molecule has 4 nitrogen and oxygen atoms in total. The maximum atomic E-state index is 11.6. The molecule has 106 valence electrons. The van der Waals surface area contributed by atoms with Crippen molar-refractivity contribution in [3.63, 3.8) is 0 Å². The summed E-state index contributed by atoms with van der Waals surface area (Å²) in [7, 11) is 0. The summed E-state index contributed by atoms with van der Waals surface area (Å²) >= 11 is 0. The van der Waals surface area contributed by atoms with E-state index < -0.39 is 11.4 Å². The SMILES string of the molecule is CCC1COC(C)CN1CC(CC)(CC)C(=O)O. The van der Waals surface area contributed by atoms with Crippen molar-refractivity contribution < 1.29 is 14.6 Å². The molecule has 0 amide bonds. The summed E-state index contributed by atoms with van der Waals surface area (Å²) in [4.78, 5) is 13.9. The predicted molar refractivity (Wildman–Crippen MR) is 71.7 cm³/mol. The second-order valence-electron chi connectivity index (χ2n) is 5.43. The molecule has 1 N–H and O–H groups in total. The highest BCUT2D eigenvalue weighted by atomic mass is 16.5. The van der Waals surface area contributed by atoms with Gasteiger partial charge in [0.15, 0.2) is 0 Å². The number of carbonyl (C=O) groups is 1. The number of carboxylic acid groups (broad SMARTS) is 1. The molecule has 0 aliphatic carbocycles.